The topological polar surface area (TPSA) is 12.9 Å². The highest BCUT2D eigenvalue weighted by molar-refractivity contribution is 9.09. The first kappa shape index (κ1) is 13.5. The Morgan fingerprint density at radius 1 is 1.17 bits per heavy atom. The Hall–Kier alpha value is -0.890. The van der Waals surface area contributed by atoms with Crippen LogP contribution in [0.15, 0.2) is 36.5 Å². The summed E-state index contributed by atoms with van der Waals surface area (Å²) in [5.41, 5.74) is 2.80. The molecule has 0 spiro atoms. The van der Waals surface area contributed by atoms with Crippen LogP contribution >= 0.6 is 15.9 Å². The zero-order chi connectivity index (χ0) is 13.2. The molecule has 1 nitrogen and oxygen atoms in total. The van der Waals surface area contributed by atoms with Crippen molar-refractivity contribution in [1.29, 1.82) is 0 Å². The van der Waals surface area contributed by atoms with E-state index in [9.17, 15) is 0 Å². The molecule has 1 aromatic heterocycles. The molecule has 96 valence electrons. The van der Waals surface area contributed by atoms with Gasteiger partial charge in [-0.3, -0.25) is 4.98 Å². The summed E-state index contributed by atoms with van der Waals surface area (Å²) in [6.45, 7) is 6.81. The number of para-hydroxylation sites is 1. The van der Waals surface area contributed by atoms with Gasteiger partial charge in [0.1, 0.15) is 0 Å². The summed E-state index contributed by atoms with van der Waals surface area (Å²) in [5.74, 6) is 0. The van der Waals surface area contributed by atoms with E-state index in [1.165, 1.54) is 10.9 Å². The van der Waals surface area contributed by atoms with Gasteiger partial charge < -0.3 is 0 Å². The van der Waals surface area contributed by atoms with Crippen LogP contribution < -0.4 is 0 Å². The molecule has 0 radical (unpaired) electrons. The Morgan fingerprint density at radius 2 is 1.89 bits per heavy atom. The van der Waals surface area contributed by atoms with Gasteiger partial charge in [-0.15, -0.1) is 0 Å². The Labute approximate surface area is 118 Å². The highest BCUT2D eigenvalue weighted by Crippen LogP contribution is 2.30. The maximum atomic E-state index is 4.51. The molecule has 1 heterocycles. The number of alkyl halides is 1. The van der Waals surface area contributed by atoms with Crippen molar-refractivity contribution in [3.63, 3.8) is 0 Å². The number of hydrogen-bond donors (Lipinski definition) is 0. The molecule has 0 N–H and O–H groups in total. The fourth-order valence-corrected chi connectivity index (χ4v) is 2.31. The van der Waals surface area contributed by atoms with Crippen molar-refractivity contribution in [3.8, 4) is 0 Å². The van der Waals surface area contributed by atoms with Crippen molar-refractivity contribution in [2.24, 2.45) is 5.41 Å². The first-order valence-corrected chi connectivity index (χ1v) is 7.37. The smallest absolute Gasteiger partial charge is 0.0733 e. The second-order valence-electron chi connectivity index (χ2n) is 5.86. The molecular weight excluding hydrogens is 286 g/mol. The minimum Gasteiger partial charge on any atom is -0.256 e. The van der Waals surface area contributed by atoms with Gasteiger partial charge in [0.2, 0.25) is 0 Å². The quantitative estimate of drug-likeness (QED) is 0.729. The van der Waals surface area contributed by atoms with Gasteiger partial charge in [-0.2, -0.15) is 0 Å². The van der Waals surface area contributed by atoms with E-state index in [4.69, 9.17) is 0 Å². The zero-order valence-corrected chi connectivity index (χ0v) is 12.9. The predicted molar refractivity (Wildman–Crippen MR) is 82.2 cm³/mol. The third kappa shape index (κ3) is 3.11. The van der Waals surface area contributed by atoms with Crippen molar-refractivity contribution in [2.75, 3.05) is 0 Å². The van der Waals surface area contributed by atoms with E-state index < -0.39 is 0 Å². The highest BCUT2D eigenvalue weighted by atomic mass is 79.9. The molecular formula is C16H20BrN. The first-order chi connectivity index (χ1) is 8.48. The number of hydrogen-bond acceptors (Lipinski definition) is 1. The molecule has 0 amide bonds. The molecule has 0 saturated heterocycles. The largest absolute Gasteiger partial charge is 0.256 e. The fraction of sp³-hybridized carbons (Fsp3) is 0.438. The van der Waals surface area contributed by atoms with Crippen molar-refractivity contribution in [2.45, 2.75) is 38.4 Å². The molecule has 2 aromatic rings. The van der Waals surface area contributed by atoms with Crippen LogP contribution in [0.5, 0.6) is 0 Å². The molecule has 0 saturated carbocycles. The molecule has 0 fully saturated rings. The molecule has 1 unspecified atom stereocenters. The number of pyridine rings is 1. The van der Waals surface area contributed by atoms with E-state index in [-0.39, 0.29) is 0 Å². The first-order valence-electron chi connectivity index (χ1n) is 6.45. The van der Waals surface area contributed by atoms with Gasteiger partial charge in [0.25, 0.3) is 0 Å². The van der Waals surface area contributed by atoms with Crippen LogP contribution in [0.4, 0.5) is 0 Å². The van der Waals surface area contributed by atoms with Crippen LogP contribution in [0.1, 0.15) is 32.8 Å². The Kier molecular flexibility index (Phi) is 4.06. The van der Waals surface area contributed by atoms with E-state index in [2.05, 4.69) is 66.0 Å². The van der Waals surface area contributed by atoms with Crippen LogP contribution in [0.25, 0.3) is 10.9 Å². The van der Waals surface area contributed by atoms with Gasteiger partial charge in [-0.05, 0) is 29.9 Å². The summed E-state index contributed by atoms with van der Waals surface area (Å²) in [5, 5.41) is 1.23. The number of aryl methyl sites for hydroxylation is 1. The van der Waals surface area contributed by atoms with Crippen LogP contribution in [-0.2, 0) is 6.42 Å². The minimum atomic E-state index is 0.304. The number of fused-ring (bicyclic) bond motifs is 1. The molecule has 0 aliphatic rings. The van der Waals surface area contributed by atoms with Crippen LogP contribution in [0.2, 0.25) is 0 Å². The van der Waals surface area contributed by atoms with E-state index >= 15 is 0 Å². The average molecular weight is 306 g/mol. The lowest BCUT2D eigenvalue weighted by molar-refractivity contribution is 0.386. The van der Waals surface area contributed by atoms with Gasteiger partial charge in [0.05, 0.1) is 5.52 Å². The van der Waals surface area contributed by atoms with E-state index in [0.29, 0.717) is 10.2 Å². The monoisotopic (exact) mass is 305 g/mol. The second kappa shape index (κ2) is 5.40. The molecule has 0 bridgehead atoms. The van der Waals surface area contributed by atoms with Crippen LogP contribution in [0.3, 0.4) is 0 Å². The molecule has 0 aliphatic heterocycles. The zero-order valence-electron chi connectivity index (χ0n) is 11.3. The number of benzene rings is 1. The van der Waals surface area contributed by atoms with Crippen molar-refractivity contribution in [1.82, 2.24) is 4.98 Å². The van der Waals surface area contributed by atoms with Gasteiger partial charge >= 0.3 is 0 Å². The lowest BCUT2D eigenvalue weighted by Gasteiger charge is -2.25. The minimum absolute atomic E-state index is 0.304. The Balaban J connectivity index is 2.18. The lowest BCUT2D eigenvalue weighted by Crippen LogP contribution is -2.20. The molecule has 18 heavy (non-hydrogen) atoms. The maximum Gasteiger partial charge on any atom is 0.0733 e. The summed E-state index contributed by atoms with van der Waals surface area (Å²) < 4.78 is 0. The van der Waals surface area contributed by atoms with Gasteiger partial charge in [-0.25, -0.2) is 0 Å². The summed E-state index contributed by atoms with van der Waals surface area (Å²) in [6, 6.07) is 10.6. The summed E-state index contributed by atoms with van der Waals surface area (Å²) in [7, 11) is 0. The SMILES string of the molecule is CC(C)(C)C(Br)CCc1cccc2cccnc12. The number of aromatic nitrogens is 1. The Morgan fingerprint density at radius 3 is 2.61 bits per heavy atom. The number of rotatable bonds is 3. The third-order valence-electron chi connectivity index (χ3n) is 3.32. The van der Waals surface area contributed by atoms with Crippen molar-refractivity contribution in [3.05, 3.63) is 42.1 Å². The molecule has 2 heteroatoms. The molecule has 2 rings (SSSR count). The van der Waals surface area contributed by atoms with Crippen LogP contribution in [-0.4, -0.2) is 9.81 Å². The van der Waals surface area contributed by atoms with Gasteiger partial charge in [0, 0.05) is 16.4 Å². The number of nitrogens with zero attached hydrogens (tertiary/aromatic N) is 1. The van der Waals surface area contributed by atoms with Gasteiger partial charge in [0.15, 0.2) is 0 Å². The average Bonchev–Trinajstić information content (AvgIpc) is 2.34. The summed E-state index contributed by atoms with van der Waals surface area (Å²) in [6.07, 6.45) is 4.09. The predicted octanol–water partition coefficient (Wildman–Crippen LogP) is 4.98. The summed E-state index contributed by atoms with van der Waals surface area (Å²) >= 11 is 3.80. The lowest BCUT2D eigenvalue weighted by atomic mass is 9.88. The van der Waals surface area contributed by atoms with Gasteiger partial charge in [-0.1, -0.05) is 61.0 Å². The van der Waals surface area contributed by atoms with E-state index in [1.807, 2.05) is 12.3 Å². The summed E-state index contributed by atoms with van der Waals surface area (Å²) in [4.78, 5) is 5.04. The van der Waals surface area contributed by atoms with Crippen LogP contribution in [0, 0.1) is 5.41 Å². The fourth-order valence-electron chi connectivity index (χ4n) is 2.08. The van der Waals surface area contributed by atoms with E-state index in [1.54, 1.807) is 0 Å². The highest BCUT2D eigenvalue weighted by Gasteiger charge is 2.21. The second-order valence-corrected chi connectivity index (χ2v) is 6.97. The Bertz CT molecular complexity index is 523. The van der Waals surface area contributed by atoms with Crippen molar-refractivity contribution >= 4 is 26.8 Å². The standard InChI is InChI=1S/C16H20BrN/c1-16(2,3)14(17)10-9-13-7-4-6-12-8-5-11-18-15(12)13/h4-8,11,14H,9-10H2,1-3H3. The number of halogens is 1. The van der Waals surface area contributed by atoms with E-state index in [0.717, 1.165) is 18.4 Å². The third-order valence-corrected chi connectivity index (χ3v) is 5.15. The molecule has 0 aliphatic carbocycles. The normalized spacial score (nSPS) is 13.8. The maximum absolute atomic E-state index is 4.51. The van der Waals surface area contributed by atoms with Crippen molar-refractivity contribution < 1.29 is 0 Å². The molecule has 1 aromatic carbocycles. The molecule has 1 atom stereocenters.